The van der Waals surface area contributed by atoms with Crippen molar-refractivity contribution in [2.24, 2.45) is 0 Å². The van der Waals surface area contributed by atoms with E-state index >= 15 is 0 Å². The van der Waals surface area contributed by atoms with Gasteiger partial charge in [-0.25, -0.2) is 4.98 Å². The monoisotopic (exact) mass is 623 g/mol. The lowest BCUT2D eigenvalue weighted by Crippen LogP contribution is -1.99. The van der Waals surface area contributed by atoms with E-state index in [1.54, 1.807) is 0 Å². The molecular weight excluding hydrogens is 595 g/mol. The summed E-state index contributed by atoms with van der Waals surface area (Å²) in [6.45, 7) is 0. The number of aromatic nitrogens is 1. The van der Waals surface area contributed by atoms with E-state index in [2.05, 4.69) is 152 Å². The zero-order valence-corrected chi connectivity index (χ0v) is 26.7. The second-order valence-corrected chi connectivity index (χ2v) is 13.9. The number of nitrogens with zero attached hydrogens (tertiary/aromatic N) is 1. The largest absolute Gasteiger partial charge is 0.248 e. The van der Waals surface area contributed by atoms with Crippen molar-refractivity contribution < 1.29 is 0 Å². The van der Waals surface area contributed by atoms with Crippen molar-refractivity contribution in [3.05, 3.63) is 163 Å². The molecule has 0 aliphatic carbocycles. The SMILES string of the molecule is c1ccc(CCc2c(-c3cccc(-c4cccc5c4sc4ccccc45)n3)cccc2-c2cccc3c2sc2ccccc23)cc1. The molecule has 0 atom stereocenters. The summed E-state index contributed by atoms with van der Waals surface area (Å²) in [6.07, 6.45) is 1.89. The van der Waals surface area contributed by atoms with Crippen molar-refractivity contribution >= 4 is 63.0 Å². The van der Waals surface area contributed by atoms with Gasteiger partial charge in [-0.1, -0.05) is 127 Å². The number of thiophene rings is 2. The summed E-state index contributed by atoms with van der Waals surface area (Å²) in [5.41, 5.74) is 9.72. The van der Waals surface area contributed by atoms with Gasteiger partial charge in [0.25, 0.3) is 0 Å². The summed E-state index contributed by atoms with van der Waals surface area (Å²) in [5, 5.41) is 5.27. The molecule has 0 bridgehead atoms. The Kier molecular flexibility index (Phi) is 6.73. The quantitative estimate of drug-likeness (QED) is 0.180. The predicted molar refractivity (Wildman–Crippen MR) is 200 cm³/mol. The summed E-state index contributed by atoms with van der Waals surface area (Å²) in [7, 11) is 0. The molecule has 0 unspecified atom stereocenters. The maximum absolute atomic E-state index is 5.39. The lowest BCUT2D eigenvalue weighted by molar-refractivity contribution is 0.963. The lowest BCUT2D eigenvalue weighted by atomic mass is 9.89. The molecule has 0 N–H and O–H groups in total. The van der Waals surface area contributed by atoms with Crippen molar-refractivity contribution in [1.29, 1.82) is 0 Å². The highest BCUT2D eigenvalue weighted by Gasteiger charge is 2.18. The fourth-order valence-corrected chi connectivity index (χ4v) is 9.36. The molecule has 1 nitrogen and oxygen atoms in total. The molecule has 0 saturated carbocycles. The van der Waals surface area contributed by atoms with Gasteiger partial charge < -0.3 is 0 Å². The van der Waals surface area contributed by atoms with E-state index in [1.165, 1.54) is 73.7 Å². The van der Waals surface area contributed by atoms with Crippen LogP contribution in [0.1, 0.15) is 11.1 Å². The summed E-state index contributed by atoms with van der Waals surface area (Å²) < 4.78 is 5.28. The van der Waals surface area contributed by atoms with Crippen LogP contribution < -0.4 is 0 Å². The summed E-state index contributed by atoms with van der Waals surface area (Å²) in [6, 6.07) is 55.0. The number of aryl methyl sites for hydroxylation is 1. The van der Waals surface area contributed by atoms with E-state index < -0.39 is 0 Å². The normalized spacial score (nSPS) is 11.7. The average Bonchev–Trinajstić information content (AvgIpc) is 3.70. The second-order valence-electron chi connectivity index (χ2n) is 11.8. The van der Waals surface area contributed by atoms with Crippen LogP contribution in [0.2, 0.25) is 0 Å². The number of benzene rings is 6. The van der Waals surface area contributed by atoms with Gasteiger partial charge in [0, 0.05) is 51.5 Å². The molecule has 0 aliphatic heterocycles. The van der Waals surface area contributed by atoms with Gasteiger partial charge in [0.2, 0.25) is 0 Å². The fraction of sp³-hybridized carbons (Fsp3) is 0.0465. The van der Waals surface area contributed by atoms with E-state index in [0.29, 0.717) is 0 Å². The standard InChI is InChI=1S/C43H29NS2/c1-2-12-28(13-3-1)26-27-30-29(34-18-9-19-35-32-14-4-6-24-40(32)45-42(34)35)16-8-17-31(30)38-22-11-23-39(44-38)37-21-10-20-36-33-15-5-7-25-41(33)46-43(36)37/h1-25H,26-27H2. The molecule has 0 radical (unpaired) electrons. The van der Waals surface area contributed by atoms with E-state index in [4.69, 9.17) is 4.98 Å². The zero-order chi connectivity index (χ0) is 30.5. The van der Waals surface area contributed by atoms with Crippen molar-refractivity contribution in [1.82, 2.24) is 4.98 Å². The van der Waals surface area contributed by atoms with E-state index in [9.17, 15) is 0 Å². The zero-order valence-electron chi connectivity index (χ0n) is 25.1. The van der Waals surface area contributed by atoms with Crippen LogP contribution in [0.3, 0.4) is 0 Å². The maximum atomic E-state index is 5.39. The van der Waals surface area contributed by atoms with Crippen LogP contribution in [0.25, 0.3) is 74.0 Å². The number of fused-ring (bicyclic) bond motifs is 6. The smallest absolute Gasteiger partial charge is 0.0723 e. The van der Waals surface area contributed by atoms with Gasteiger partial charge in [0.05, 0.1) is 11.4 Å². The highest BCUT2D eigenvalue weighted by molar-refractivity contribution is 7.26. The Labute approximate surface area is 276 Å². The molecule has 0 aliphatic rings. The lowest BCUT2D eigenvalue weighted by Gasteiger charge is -2.17. The van der Waals surface area contributed by atoms with E-state index in [1.807, 2.05) is 22.7 Å². The minimum absolute atomic E-state index is 0.925. The number of pyridine rings is 1. The molecule has 0 amide bonds. The van der Waals surface area contributed by atoms with E-state index in [0.717, 1.165) is 24.2 Å². The first-order valence-electron chi connectivity index (χ1n) is 15.8. The Morgan fingerprint density at radius 2 is 0.870 bits per heavy atom. The van der Waals surface area contributed by atoms with Crippen LogP contribution in [-0.4, -0.2) is 4.98 Å². The van der Waals surface area contributed by atoms with Crippen LogP contribution in [-0.2, 0) is 12.8 Å². The summed E-state index contributed by atoms with van der Waals surface area (Å²) in [4.78, 5) is 5.39. The Hall–Kier alpha value is -5.09. The van der Waals surface area contributed by atoms with Gasteiger partial charge in [-0.15, -0.1) is 22.7 Å². The van der Waals surface area contributed by atoms with Gasteiger partial charge in [-0.2, -0.15) is 0 Å². The molecule has 6 aromatic carbocycles. The molecule has 3 aromatic heterocycles. The first kappa shape index (κ1) is 27.2. The van der Waals surface area contributed by atoms with Crippen LogP contribution >= 0.6 is 22.7 Å². The minimum Gasteiger partial charge on any atom is -0.248 e. The highest BCUT2D eigenvalue weighted by Crippen LogP contribution is 2.43. The molecule has 0 spiro atoms. The average molecular weight is 624 g/mol. The molecule has 46 heavy (non-hydrogen) atoms. The summed E-state index contributed by atoms with van der Waals surface area (Å²) in [5.74, 6) is 0. The summed E-state index contributed by atoms with van der Waals surface area (Å²) >= 11 is 3.75. The van der Waals surface area contributed by atoms with Gasteiger partial charge in [-0.05, 0) is 59.4 Å². The third-order valence-corrected chi connectivity index (χ3v) is 11.5. The first-order valence-corrected chi connectivity index (χ1v) is 17.4. The van der Waals surface area contributed by atoms with Gasteiger partial charge in [0.1, 0.15) is 0 Å². The Balaban J connectivity index is 1.23. The molecule has 3 heteroatoms. The fourth-order valence-electron chi connectivity index (χ4n) is 6.91. The van der Waals surface area contributed by atoms with E-state index in [-0.39, 0.29) is 0 Å². The Morgan fingerprint density at radius 1 is 0.370 bits per heavy atom. The molecule has 9 aromatic rings. The third-order valence-electron chi connectivity index (χ3n) is 9.08. The predicted octanol–water partition coefficient (Wildman–Crippen LogP) is 12.6. The third kappa shape index (κ3) is 4.63. The molecule has 0 fully saturated rings. The van der Waals surface area contributed by atoms with Gasteiger partial charge >= 0.3 is 0 Å². The van der Waals surface area contributed by atoms with Crippen LogP contribution in [0.5, 0.6) is 0 Å². The molecular formula is C43H29NS2. The van der Waals surface area contributed by atoms with Crippen molar-refractivity contribution in [3.63, 3.8) is 0 Å². The molecule has 218 valence electrons. The topological polar surface area (TPSA) is 12.9 Å². The molecule has 0 saturated heterocycles. The minimum atomic E-state index is 0.925. The van der Waals surface area contributed by atoms with Crippen molar-refractivity contribution in [2.75, 3.05) is 0 Å². The van der Waals surface area contributed by atoms with Crippen LogP contribution in [0, 0.1) is 0 Å². The molecule has 9 rings (SSSR count). The Bertz CT molecular complexity index is 2540. The maximum Gasteiger partial charge on any atom is 0.0723 e. The number of hydrogen-bond donors (Lipinski definition) is 0. The van der Waals surface area contributed by atoms with Gasteiger partial charge in [-0.3, -0.25) is 0 Å². The van der Waals surface area contributed by atoms with Crippen molar-refractivity contribution in [2.45, 2.75) is 12.8 Å². The second kappa shape index (κ2) is 11.4. The first-order chi connectivity index (χ1) is 22.8. The Morgan fingerprint density at radius 3 is 1.59 bits per heavy atom. The van der Waals surface area contributed by atoms with Crippen LogP contribution in [0.4, 0.5) is 0 Å². The molecule has 3 heterocycles. The van der Waals surface area contributed by atoms with Crippen molar-refractivity contribution in [3.8, 4) is 33.6 Å². The van der Waals surface area contributed by atoms with Crippen LogP contribution in [0.15, 0.2) is 152 Å². The number of hydrogen-bond acceptors (Lipinski definition) is 3. The highest BCUT2D eigenvalue weighted by atomic mass is 32.1. The number of rotatable bonds is 6. The van der Waals surface area contributed by atoms with Gasteiger partial charge in [0.15, 0.2) is 0 Å².